The zero-order valence-corrected chi connectivity index (χ0v) is 18.4. The minimum atomic E-state index is -3.80. The molecule has 2 amide bonds. The number of nitrogens with one attached hydrogen (secondary N) is 2. The molecule has 2 aromatic heterocycles. The molecule has 3 heterocycles. The Hall–Kier alpha value is -2.93. The molecule has 1 aliphatic rings. The van der Waals surface area contributed by atoms with Crippen LogP contribution >= 0.6 is 7.60 Å². The summed E-state index contributed by atoms with van der Waals surface area (Å²) in [5, 5.41) is 26.1. The molecule has 5 atom stereocenters. The van der Waals surface area contributed by atoms with Crippen LogP contribution < -0.4 is 10.6 Å². The number of anilines is 2. The van der Waals surface area contributed by atoms with Crippen molar-refractivity contribution in [1.82, 2.24) is 19.5 Å². The van der Waals surface area contributed by atoms with E-state index in [1.807, 2.05) is 6.07 Å². The summed E-state index contributed by atoms with van der Waals surface area (Å²) in [5.41, 5.74) is 1.06. The van der Waals surface area contributed by atoms with Crippen molar-refractivity contribution in [1.29, 1.82) is 0 Å². The van der Waals surface area contributed by atoms with Gasteiger partial charge in [-0.25, -0.2) is 19.7 Å². The maximum atomic E-state index is 12.3. The van der Waals surface area contributed by atoms with Crippen LogP contribution in [-0.4, -0.2) is 71.7 Å². The Bertz CT molecular complexity index is 1180. The molecule has 33 heavy (non-hydrogen) atoms. The van der Waals surface area contributed by atoms with E-state index >= 15 is 0 Å². The van der Waals surface area contributed by atoms with E-state index in [9.17, 15) is 24.5 Å². The number of rotatable bonds is 7. The number of imidazole rings is 1. The van der Waals surface area contributed by atoms with Crippen molar-refractivity contribution in [3.05, 3.63) is 43.0 Å². The third-order valence-corrected chi connectivity index (χ3v) is 6.43. The van der Waals surface area contributed by atoms with Crippen molar-refractivity contribution in [2.75, 3.05) is 23.4 Å². The lowest BCUT2D eigenvalue weighted by atomic mass is 10.1. The van der Waals surface area contributed by atoms with Crippen molar-refractivity contribution in [3.63, 3.8) is 0 Å². The Labute approximate surface area is 187 Å². The third-order valence-electron chi connectivity index (χ3n) is 5.07. The summed E-state index contributed by atoms with van der Waals surface area (Å²) in [6.45, 7) is 1.11. The quantitative estimate of drug-likeness (QED) is 0.311. The molecule has 0 spiro atoms. The zero-order chi connectivity index (χ0) is 23.6. The van der Waals surface area contributed by atoms with Crippen molar-refractivity contribution in [2.45, 2.75) is 31.5 Å². The molecule has 5 N–H and O–H groups in total. The van der Waals surface area contributed by atoms with Gasteiger partial charge < -0.3 is 29.7 Å². The number of amides is 2. The second kappa shape index (κ2) is 9.51. The molecular formula is C19H23N6O7P. The number of hydrogen-bond donors (Lipinski definition) is 5. The molecule has 0 aliphatic carbocycles. The highest BCUT2D eigenvalue weighted by Gasteiger charge is 2.45. The van der Waals surface area contributed by atoms with E-state index in [-0.39, 0.29) is 29.8 Å². The van der Waals surface area contributed by atoms with E-state index in [1.165, 1.54) is 24.1 Å². The lowest BCUT2D eigenvalue weighted by Gasteiger charge is -2.17. The van der Waals surface area contributed by atoms with Gasteiger partial charge in [0, 0.05) is 11.8 Å². The van der Waals surface area contributed by atoms with E-state index < -0.39 is 38.2 Å². The standard InChI is InChI=1S/C19H23N6O7P/c1-2-33(29,30)31-8-12-14(26)15(27)18(32-12)25-10-22-13-16(20-9-21-17(13)25)24-19(28)23-11-6-4-3-5-7-11/h3-7,9-10,12,14-15,18,26-27H,2,8H2,1H3,(H,29,30)(H2,20,21,23,24,28)/t12-,14?,15+,18-/m1/s1. The molecular weight excluding hydrogens is 455 g/mol. The van der Waals surface area contributed by atoms with Gasteiger partial charge in [0.1, 0.15) is 24.6 Å². The predicted molar refractivity (Wildman–Crippen MR) is 117 cm³/mol. The van der Waals surface area contributed by atoms with Gasteiger partial charge in [0.2, 0.25) is 0 Å². The van der Waals surface area contributed by atoms with E-state index in [1.54, 1.807) is 24.3 Å². The van der Waals surface area contributed by atoms with E-state index in [0.717, 1.165) is 0 Å². The fourth-order valence-corrected chi connectivity index (χ4v) is 3.86. The highest BCUT2D eigenvalue weighted by atomic mass is 31.2. The van der Waals surface area contributed by atoms with Crippen LogP contribution in [0.2, 0.25) is 0 Å². The summed E-state index contributed by atoms with van der Waals surface area (Å²) < 4.78 is 23.7. The second-order valence-electron chi connectivity index (χ2n) is 7.29. The Morgan fingerprint density at radius 1 is 1.18 bits per heavy atom. The molecule has 176 valence electrons. The first-order chi connectivity index (χ1) is 15.8. The maximum Gasteiger partial charge on any atom is 0.327 e. The minimum absolute atomic E-state index is 0.0987. The van der Waals surface area contributed by atoms with Crippen LogP contribution in [0.4, 0.5) is 16.3 Å². The van der Waals surface area contributed by atoms with E-state index in [4.69, 9.17) is 9.26 Å². The summed E-state index contributed by atoms with van der Waals surface area (Å²) in [6, 6.07) is 8.30. The van der Waals surface area contributed by atoms with Gasteiger partial charge in [-0.05, 0) is 12.1 Å². The molecule has 2 unspecified atom stereocenters. The van der Waals surface area contributed by atoms with Gasteiger partial charge >= 0.3 is 13.6 Å². The number of aliphatic hydroxyl groups excluding tert-OH is 2. The average molecular weight is 478 g/mol. The molecule has 13 nitrogen and oxygen atoms in total. The van der Waals surface area contributed by atoms with Crippen LogP contribution in [-0.2, 0) is 13.8 Å². The van der Waals surface area contributed by atoms with Gasteiger partial charge in [-0.15, -0.1) is 0 Å². The molecule has 1 aromatic carbocycles. The minimum Gasteiger partial charge on any atom is -0.387 e. The predicted octanol–water partition coefficient (Wildman–Crippen LogP) is 1.31. The molecule has 1 aliphatic heterocycles. The van der Waals surface area contributed by atoms with Crippen LogP contribution in [0.1, 0.15) is 13.2 Å². The first kappa shape index (κ1) is 23.2. The lowest BCUT2D eigenvalue weighted by Crippen LogP contribution is -2.33. The molecule has 1 saturated heterocycles. The van der Waals surface area contributed by atoms with Crippen molar-refractivity contribution < 1.29 is 33.7 Å². The molecule has 4 rings (SSSR count). The first-order valence-electron chi connectivity index (χ1n) is 10.1. The average Bonchev–Trinajstić information content (AvgIpc) is 3.35. The number of para-hydroxylation sites is 1. The SMILES string of the molecule is CCP(=O)(O)OC[C@H]1O[C@@H](n2cnc3c(NC(=O)Nc4ccccc4)ncnc32)[C@@H](O)C1O. The Morgan fingerprint density at radius 3 is 2.67 bits per heavy atom. The monoisotopic (exact) mass is 478 g/mol. The number of benzene rings is 1. The van der Waals surface area contributed by atoms with Gasteiger partial charge in [-0.1, -0.05) is 25.1 Å². The topological polar surface area (TPSA) is 181 Å². The van der Waals surface area contributed by atoms with Crippen molar-refractivity contribution in [2.24, 2.45) is 0 Å². The molecule has 1 fully saturated rings. The summed E-state index contributed by atoms with van der Waals surface area (Å²) in [5.74, 6) is 0.129. The summed E-state index contributed by atoms with van der Waals surface area (Å²) in [6.07, 6.45) is -2.47. The number of aromatic nitrogens is 4. The molecule has 0 bridgehead atoms. The number of aliphatic hydroxyl groups is 2. The molecule has 0 saturated carbocycles. The smallest absolute Gasteiger partial charge is 0.327 e. The summed E-state index contributed by atoms with van der Waals surface area (Å²) in [7, 11) is -3.80. The van der Waals surface area contributed by atoms with Crippen LogP contribution in [0.5, 0.6) is 0 Å². The number of fused-ring (bicyclic) bond motifs is 1. The Kier molecular flexibility index (Phi) is 6.70. The van der Waals surface area contributed by atoms with Gasteiger partial charge in [-0.3, -0.25) is 14.4 Å². The number of nitrogens with zero attached hydrogens (tertiary/aromatic N) is 4. The number of urea groups is 1. The largest absolute Gasteiger partial charge is 0.387 e. The maximum absolute atomic E-state index is 12.3. The van der Waals surface area contributed by atoms with Gasteiger partial charge in [-0.2, -0.15) is 0 Å². The van der Waals surface area contributed by atoms with Gasteiger partial charge in [0.25, 0.3) is 0 Å². The fourth-order valence-electron chi connectivity index (χ4n) is 3.30. The second-order valence-corrected chi connectivity index (χ2v) is 9.45. The van der Waals surface area contributed by atoms with Crippen LogP contribution in [0.25, 0.3) is 11.2 Å². The lowest BCUT2D eigenvalue weighted by molar-refractivity contribution is -0.0484. The summed E-state index contributed by atoms with van der Waals surface area (Å²) in [4.78, 5) is 34.3. The Balaban J connectivity index is 1.51. The Morgan fingerprint density at radius 2 is 1.94 bits per heavy atom. The number of carbonyl (C=O) groups excluding carboxylic acids is 1. The number of hydrogen-bond acceptors (Lipinski definition) is 9. The number of ether oxygens (including phenoxy) is 1. The van der Waals surface area contributed by atoms with Crippen LogP contribution in [0.15, 0.2) is 43.0 Å². The summed E-state index contributed by atoms with van der Waals surface area (Å²) >= 11 is 0. The van der Waals surface area contributed by atoms with Crippen LogP contribution in [0.3, 0.4) is 0 Å². The van der Waals surface area contributed by atoms with Crippen molar-refractivity contribution in [3.8, 4) is 0 Å². The van der Waals surface area contributed by atoms with Crippen molar-refractivity contribution >= 4 is 36.3 Å². The highest BCUT2D eigenvalue weighted by Crippen LogP contribution is 2.42. The first-order valence-corrected chi connectivity index (χ1v) is 11.8. The highest BCUT2D eigenvalue weighted by molar-refractivity contribution is 7.52. The van der Waals surface area contributed by atoms with Gasteiger partial charge in [0.15, 0.2) is 23.2 Å². The van der Waals surface area contributed by atoms with E-state index in [2.05, 4.69) is 25.6 Å². The molecule has 3 aromatic rings. The molecule has 14 heteroatoms. The normalized spacial score (nSPS) is 24.5. The van der Waals surface area contributed by atoms with Gasteiger partial charge in [0.05, 0.1) is 12.9 Å². The molecule has 0 radical (unpaired) electrons. The zero-order valence-electron chi connectivity index (χ0n) is 17.5. The van der Waals surface area contributed by atoms with E-state index in [0.29, 0.717) is 5.69 Å². The number of carbonyl (C=O) groups is 1. The third kappa shape index (κ3) is 5.03. The fraction of sp³-hybridized carbons (Fsp3) is 0.368. The van der Waals surface area contributed by atoms with Crippen LogP contribution in [0, 0.1) is 0 Å².